The van der Waals surface area contributed by atoms with Gasteiger partial charge >= 0.3 is 12.0 Å². The summed E-state index contributed by atoms with van der Waals surface area (Å²) in [6.45, 7) is 2.34. The number of nitrogens with one attached hydrogen (secondary N) is 2. The molecule has 2 N–H and O–H groups in total. The number of anilines is 3. The molecule has 11 heteroatoms. The van der Waals surface area contributed by atoms with Gasteiger partial charge in [-0.15, -0.1) is 5.10 Å². The predicted molar refractivity (Wildman–Crippen MR) is 124 cm³/mol. The molecule has 0 aliphatic rings. The second-order valence-electron chi connectivity index (χ2n) is 7.23. The van der Waals surface area contributed by atoms with Crippen LogP contribution in [0.5, 0.6) is 11.8 Å². The van der Waals surface area contributed by atoms with Gasteiger partial charge < -0.3 is 24.4 Å². The highest BCUT2D eigenvalue weighted by Crippen LogP contribution is 2.25. The standard InChI is InChI=1S/C22H19ClN8O2/c1-13-29-30-22(32-13)27-16-5-8-18-19(9-16)31(2)20(28-18)24-10-14-3-6-17(7-4-14)33-21-25-11-15(23)12-26-21/h3-9,11-12H,10H2,1-2H3,(H,24,28)(H,27,30). The van der Waals surface area contributed by atoms with E-state index in [1.807, 2.05) is 54.1 Å². The lowest BCUT2D eigenvalue weighted by Crippen LogP contribution is -2.05. The quantitative estimate of drug-likeness (QED) is 0.350. The lowest BCUT2D eigenvalue weighted by molar-refractivity contribution is 0.441. The fourth-order valence-electron chi connectivity index (χ4n) is 3.21. The van der Waals surface area contributed by atoms with Crippen molar-refractivity contribution in [3.05, 3.63) is 71.3 Å². The molecule has 33 heavy (non-hydrogen) atoms. The van der Waals surface area contributed by atoms with Crippen LogP contribution in [0.2, 0.25) is 5.02 Å². The van der Waals surface area contributed by atoms with E-state index in [4.69, 9.17) is 20.8 Å². The van der Waals surface area contributed by atoms with Gasteiger partial charge in [-0.05, 0) is 35.9 Å². The third kappa shape index (κ3) is 4.70. The highest BCUT2D eigenvalue weighted by atomic mass is 35.5. The number of rotatable bonds is 7. The lowest BCUT2D eigenvalue weighted by Gasteiger charge is -2.08. The molecule has 166 valence electrons. The Labute approximate surface area is 193 Å². The van der Waals surface area contributed by atoms with Crippen molar-refractivity contribution in [2.24, 2.45) is 7.05 Å². The Bertz CT molecular complexity index is 1400. The molecule has 0 aliphatic carbocycles. The van der Waals surface area contributed by atoms with Gasteiger partial charge in [0, 0.05) is 26.2 Å². The number of ether oxygens (including phenoxy) is 1. The van der Waals surface area contributed by atoms with Gasteiger partial charge in [0.1, 0.15) is 5.75 Å². The Balaban J connectivity index is 1.25. The summed E-state index contributed by atoms with van der Waals surface area (Å²) in [6.07, 6.45) is 2.98. The first-order chi connectivity index (χ1) is 16.0. The van der Waals surface area contributed by atoms with Gasteiger partial charge in [0.2, 0.25) is 11.8 Å². The first-order valence-corrected chi connectivity index (χ1v) is 10.4. The van der Waals surface area contributed by atoms with E-state index in [9.17, 15) is 0 Å². The smallest absolute Gasteiger partial charge is 0.321 e. The van der Waals surface area contributed by atoms with Crippen LogP contribution in [0.3, 0.4) is 0 Å². The summed E-state index contributed by atoms with van der Waals surface area (Å²) in [5, 5.41) is 14.7. The maximum Gasteiger partial charge on any atom is 0.321 e. The summed E-state index contributed by atoms with van der Waals surface area (Å²) in [6, 6.07) is 14.1. The summed E-state index contributed by atoms with van der Waals surface area (Å²) < 4.78 is 13.0. The second-order valence-corrected chi connectivity index (χ2v) is 7.67. The molecule has 0 unspecified atom stereocenters. The zero-order chi connectivity index (χ0) is 22.8. The number of fused-ring (bicyclic) bond motifs is 1. The topological polar surface area (TPSA) is 116 Å². The molecule has 0 saturated heterocycles. The number of hydrogen-bond donors (Lipinski definition) is 2. The number of nitrogens with zero attached hydrogens (tertiary/aromatic N) is 6. The number of benzene rings is 2. The van der Waals surface area contributed by atoms with Gasteiger partial charge in [0.15, 0.2) is 0 Å². The molecule has 5 rings (SSSR count). The Hall–Kier alpha value is -4.18. The zero-order valence-corrected chi connectivity index (χ0v) is 18.5. The summed E-state index contributed by atoms with van der Waals surface area (Å²) in [7, 11) is 1.96. The first kappa shape index (κ1) is 20.7. The van der Waals surface area contributed by atoms with Crippen molar-refractivity contribution in [1.29, 1.82) is 0 Å². The summed E-state index contributed by atoms with van der Waals surface area (Å²) in [5.41, 5.74) is 3.74. The van der Waals surface area contributed by atoms with Crippen molar-refractivity contribution in [2.45, 2.75) is 13.5 Å². The SMILES string of the molecule is Cc1nnc(Nc2ccc3nc(NCc4ccc(Oc5ncc(Cl)cn5)cc4)n(C)c3c2)o1. The van der Waals surface area contributed by atoms with Gasteiger partial charge in [-0.1, -0.05) is 28.8 Å². The number of aromatic nitrogens is 6. The van der Waals surface area contributed by atoms with Crippen molar-refractivity contribution in [3.63, 3.8) is 0 Å². The lowest BCUT2D eigenvalue weighted by atomic mass is 10.2. The molecule has 0 amide bonds. The van der Waals surface area contributed by atoms with Gasteiger partial charge in [0.05, 0.1) is 28.4 Å². The average molecular weight is 463 g/mol. The Morgan fingerprint density at radius 1 is 1.06 bits per heavy atom. The molecule has 0 aliphatic heterocycles. The monoisotopic (exact) mass is 462 g/mol. The molecular weight excluding hydrogens is 444 g/mol. The Morgan fingerprint density at radius 3 is 2.58 bits per heavy atom. The minimum absolute atomic E-state index is 0.244. The number of hydrogen-bond acceptors (Lipinski definition) is 9. The van der Waals surface area contributed by atoms with E-state index in [1.54, 1.807) is 6.92 Å². The molecular formula is C22H19ClN8O2. The third-order valence-electron chi connectivity index (χ3n) is 4.84. The molecule has 0 fully saturated rings. The molecule has 0 atom stereocenters. The number of imidazole rings is 1. The molecule has 10 nitrogen and oxygen atoms in total. The van der Waals surface area contributed by atoms with E-state index in [1.165, 1.54) is 12.4 Å². The van der Waals surface area contributed by atoms with Crippen molar-refractivity contribution >= 4 is 40.3 Å². The molecule has 0 radical (unpaired) electrons. The second kappa shape index (κ2) is 8.75. The molecule has 5 aromatic rings. The highest BCUT2D eigenvalue weighted by Gasteiger charge is 2.10. The molecule has 3 aromatic heterocycles. The van der Waals surface area contributed by atoms with Crippen LogP contribution in [0.4, 0.5) is 17.7 Å². The van der Waals surface area contributed by atoms with E-state index in [0.29, 0.717) is 29.2 Å². The molecule has 0 saturated carbocycles. The maximum absolute atomic E-state index is 5.79. The Morgan fingerprint density at radius 2 is 1.85 bits per heavy atom. The molecule has 0 spiro atoms. The van der Waals surface area contributed by atoms with Crippen LogP contribution in [0, 0.1) is 6.92 Å². The van der Waals surface area contributed by atoms with Crippen LogP contribution in [-0.2, 0) is 13.6 Å². The number of halogens is 1. The van der Waals surface area contributed by atoms with E-state index in [2.05, 4.69) is 35.8 Å². The van der Waals surface area contributed by atoms with Crippen molar-refractivity contribution in [3.8, 4) is 11.8 Å². The van der Waals surface area contributed by atoms with E-state index in [0.717, 1.165) is 28.2 Å². The summed E-state index contributed by atoms with van der Waals surface area (Å²) in [5.74, 6) is 1.90. The van der Waals surface area contributed by atoms with E-state index < -0.39 is 0 Å². The molecule has 2 aromatic carbocycles. The fourth-order valence-corrected chi connectivity index (χ4v) is 3.31. The van der Waals surface area contributed by atoms with Gasteiger partial charge in [-0.3, -0.25) is 0 Å². The van der Waals surface area contributed by atoms with Crippen molar-refractivity contribution in [2.75, 3.05) is 10.6 Å². The van der Waals surface area contributed by atoms with E-state index >= 15 is 0 Å². The summed E-state index contributed by atoms with van der Waals surface area (Å²) in [4.78, 5) is 12.7. The molecule has 0 bridgehead atoms. The largest absolute Gasteiger partial charge is 0.424 e. The first-order valence-electron chi connectivity index (χ1n) is 10.1. The van der Waals surface area contributed by atoms with Crippen LogP contribution in [0.1, 0.15) is 11.5 Å². The summed E-state index contributed by atoms with van der Waals surface area (Å²) >= 11 is 5.79. The normalized spacial score (nSPS) is 11.0. The van der Waals surface area contributed by atoms with Crippen LogP contribution >= 0.6 is 11.6 Å². The van der Waals surface area contributed by atoms with Gasteiger partial charge in [0.25, 0.3) is 0 Å². The zero-order valence-electron chi connectivity index (χ0n) is 17.8. The predicted octanol–water partition coefficient (Wildman–Crippen LogP) is 4.86. The van der Waals surface area contributed by atoms with Crippen LogP contribution < -0.4 is 15.4 Å². The van der Waals surface area contributed by atoms with Crippen molar-refractivity contribution < 1.29 is 9.15 Å². The Kier molecular flexibility index (Phi) is 5.49. The highest BCUT2D eigenvalue weighted by molar-refractivity contribution is 6.30. The van der Waals surface area contributed by atoms with Crippen molar-refractivity contribution in [1.82, 2.24) is 29.7 Å². The van der Waals surface area contributed by atoms with E-state index in [-0.39, 0.29) is 6.01 Å². The molecule has 3 heterocycles. The fraction of sp³-hybridized carbons (Fsp3) is 0.136. The van der Waals surface area contributed by atoms with Gasteiger partial charge in [-0.2, -0.15) is 0 Å². The van der Waals surface area contributed by atoms with Crippen LogP contribution in [0.25, 0.3) is 11.0 Å². The van der Waals surface area contributed by atoms with Crippen LogP contribution in [0.15, 0.2) is 59.3 Å². The van der Waals surface area contributed by atoms with Crippen LogP contribution in [-0.4, -0.2) is 29.7 Å². The number of aryl methyl sites for hydroxylation is 2. The van der Waals surface area contributed by atoms with Gasteiger partial charge in [-0.25, -0.2) is 15.0 Å². The maximum atomic E-state index is 5.79. The third-order valence-corrected chi connectivity index (χ3v) is 5.03. The minimum atomic E-state index is 0.244. The average Bonchev–Trinajstić information content (AvgIpc) is 3.37. The minimum Gasteiger partial charge on any atom is -0.424 e.